The summed E-state index contributed by atoms with van der Waals surface area (Å²) in [5.41, 5.74) is 0. The first-order chi connectivity index (χ1) is 8.56. The molecule has 0 aliphatic carbocycles. The predicted molar refractivity (Wildman–Crippen MR) is 63.5 cm³/mol. The lowest BCUT2D eigenvalue weighted by Crippen LogP contribution is -2.47. The summed E-state index contributed by atoms with van der Waals surface area (Å²) in [6.45, 7) is 1.32. The lowest BCUT2D eigenvalue weighted by Gasteiger charge is -2.21. The molecule has 1 rings (SSSR count). The molecule has 7 nitrogen and oxygen atoms in total. The highest BCUT2D eigenvalue weighted by atomic mass is 16.3. The molecule has 0 aromatic rings. The van der Waals surface area contributed by atoms with E-state index in [1.165, 1.54) is 7.05 Å². The van der Waals surface area contributed by atoms with Gasteiger partial charge in [0.05, 0.1) is 6.61 Å². The molecule has 0 spiro atoms. The molecule has 18 heavy (non-hydrogen) atoms. The molecule has 7 heteroatoms. The fourth-order valence-corrected chi connectivity index (χ4v) is 1.78. The maximum Gasteiger partial charge on any atom is 0.316 e. The number of nitrogens with zero attached hydrogens (tertiary/aromatic N) is 1. The maximum atomic E-state index is 11.7. The lowest BCUT2D eigenvalue weighted by atomic mass is 9.97. The van der Waals surface area contributed by atoms with Crippen LogP contribution in [0.3, 0.4) is 0 Å². The number of carbonyl (C=O) groups is 3. The number of amides is 3. The quantitative estimate of drug-likeness (QED) is 0.512. The fourth-order valence-electron chi connectivity index (χ4n) is 1.78. The standard InChI is InChI=1S/C11H19N3O4/c1-14(6-7-15)11(18)10(17)13-9(16)8-2-4-12-5-3-8/h8,12,15H,2-7H2,1H3,(H,13,16,17). The molecule has 0 unspecified atom stereocenters. The van der Waals surface area contributed by atoms with Crippen molar-refractivity contribution in [2.75, 3.05) is 33.3 Å². The van der Waals surface area contributed by atoms with E-state index in [2.05, 4.69) is 10.6 Å². The molecule has 1 saturated heterocycles. The Morgan fingerprint density at radius 2 is 1.94 bits per heavy atom. The van der Waals surface area contributed by atoms with E-state index in [-0.39, 0.29) is 19.1 Å². The van der Waals surface area contributed by atoms with Gasteiger partial charge in [0.2, 0.25) is 5.91 Å². The van der Waals surface area contributed by atoms with E-state index in [1.807, 2.05) is 0 Å². The Kier molecular flexibility index (Phi) is 5.73. The van der Waals surface area contributed by atoms with Crippen LogP contribution in [0, 0.1) is 5.92 Å². The van der Waals surface area contributed by atoms with E-state index < -0.39 is 17.7 Å². The molecule has 3 amide bonds. The van der Waals surface area contributed by atoms with Crippen molar-refractivity contribution in [2.45, 2.75) is 12.8 Å². The number of nitrogens with one attached hydrogen (secondary N) is 2. The molecular weight excluding hydrogens is 238 g/mol. The number of hydrogen-bond acceptors (Lipinski definition) is 5. The zero-order valence-corrected chi connectivity index (χ0v) is 10.4. The Morgan fingerprint density at radius 1 is 1.33 bits per heavy atom. The van der Waals surface area contributed by atoms with Gasteiger partial charge in [-0.15, -0.1) is 0 Å². The van der Waals surface area contributed by atoms with Crippen LogP contribution >= 0.6 is 0 Å². The first kappa shape index (κ1) is 14.6. The average molecular weight is 257 g/mol. The van der Waals surface area contributed by atoms with Gasteiger partial charge in [0.25, 0.3) is 0 Å². The van der Waals surface area contributed by atoms with Crippen molar-refractivity contribution in [3.8, 4) is 0 Å². The van der Waals surface area contributed by atoms with Crippen molar-refractivity contribution in [3.63, 3.8) is 0 Å². The van der Waals surface area contributed by atoms with Gasteiger partial charge in [0, 0.05) is 19.5 Å². The monoisotopic (exact) mass is 257 g/mol. The summed E-state index contributed by atoms with van der Waals surface area (Å²) in [5.74, 6) is -2.36. The second kappa shape index (κ2) is 7.07. The van der Waals surface area contributed by atoms with Crippen LogP contribution in [0.1, 0.15) is 12.8 Å². The van der Waals surface area contributed by atoms with Crippen molar-refractivity contribution in [2.24, 2.45) is 5.92 Å². The van der Waals surface area contributed by atoms with Crippen molar-refractivity contribution in [1.82, 2.24) is 15.5 Å². The second-order valence-corrected chi connectivity index (χ2v) is 4.29. The fraction of sp³-hybridized carbons (Fsp3) is 0.727. The summed E-state index contributed by atoms with van der Waals surface area (Å²) in [6.07, 6.45) is 1.33. The minimum atomic E-state index is -0.936. The highest BCUT2D eigenvalue weighted by Crippen LogP contribution is 2.11. The summed E-state index contributed by atoms with van der Waals surface area (Å²) >= 11 is 0. The SMILES string of the molecule is CN(CCO)C(=O)C(=O)NC(=O)C1CCNCC1. The molecule has 0 radical (unpaired) electrons. The number of aliphatic hydroxyl groups is 1. The summed E-state index contributed by atoms with van der Waals surface area (Å²) in [6, 6.07) is 0. The van der Waals surface area contributed by atoms with Gasteiger partial charge < -0.3 is 15.3 Å². The normalized spacial score (nSPS) is 16.1. The van der Waals surface area contributed by atoms with Gasteiger partial charge >= 0.3 is 11.8 Å². The van der Waals surface area contributed by atoms with Crippen LogP contribution in [0.15, 0.2) is 0 Å². The lowest BCUT2D eigenvalue weighted by molar-refractivity contribution is -0.148. The van der Waals surface area contributed by atoms with Crippen molar-refractivity contribution in [1.29, 1.82) is 0 Å². The number of rotatable bonds is 3. The Hall–Kier alpha value is -1.47. The Bertz CT molecular complexity index is 326. The molecule has 1 fully saturated rings. The van der Waals surface area contributed by atoms with Gasteiger partial charge in [-0.2, -0.15) is 0 Å². The highest BCUT2D eigenvalue weighted by Gasteiger charge is 2.26. The number of imide groups is 1. The summed E-state index contributed by atoms with van der Waals surface area (Å²) in [4.78, 5) is 35.8. The average Bonchev–Trinajstić information content (AvgIpc) is 2.39. The van der Waals surface area contributed by atoms with Crippen LogP contribution in [0.4, 0.5) is 0 Å². The van der Waals surface area contributed by atoms with E-state index in [1.54, 1.807) is 0 Å². The van der Waals surface area contributed by atoms with Gasteiger partial charge in [0.15, 0.2) is 0 Å². The largest absolute Gasteiger partial charge is 0.395 e. The molecule has 0 aromatic heterocycles. The third kappa shape index (κ3) is 4.08. The highest BCUT2D eigenvalue weighted by molar-refractivity contribution is 6.37. The molecule has 0 saturated carbocycles. The Balaban J connectivity index is 2.43. The third-order valence-electron chi connectivity index (χ3n) is 2.92. The maximum absolute atomic E-state index is 11.7. The number of piperidine rings is 1. The van der Waals surface area contributed by atoms with Crippen LogP contribution in [-0.2, 0) is 14.4 Å². The van der Waals surface area contributed by atoms with E-state index in [0.717, 1.165) is 18.0 Å². The Labute approximate surface area is 106 Å². The van der Waals surface area contributed by atoms with Crippen LogP contribution in [0.25, 0.3) is 0 Å². The molecule has 1 aliphatic heterocycles. The van der Waals surface area contributed by atoms with Gasteiger partial charge in [0.1, 0.15) is 0 Å². The van der Waals surface area contributed by atoms with Gasteiger partial charge in [-0.1, -0.05) is 0 Å². The molecular formula is C11H19N3O4. The molecule has 1 aliphatic rings. The number of carbonyl (C=O) groups excluding carboxylic acids is 3. The second-order valence-electron chi connectivity index (χ2n) is 4.29. The van der Waals surface area contributed by atoms with Crippen molar-refractivity contribution < 1.29 is 19.5 Å². The smallest absolute Gasteiger partial charge is 0.316 e. The minimum Gasteiger partial charge on any atom is -0.395 e. The molecule has 102 valence electrons. The van der Waals surface area contributed by atoms with E-state index in [9.17, 15) is 14.4 Å². The van der Waals surface area contributed by atoms with Crippen LogP contribution in [0.5, 0.6) is 0 Å². The van der Waals surface area contributed by atoms with E-state index >= 15 is 0 Å². The molecule has 0 bridgehead atoms. The van der Waals surface area contributed by atoms with Crippen LogP contribution < -0.4 is 10.6 Å². The summed E-state index contributed by atoms with van der Waals surface area (Å²) in [7, 11) is 1.40. The predicted octanol–water partition coefficient (Wildman–Crippen LogP) is -1.92. The third-order valence-corrected chi connectivity index (χ3v) is 2.92. The molecule has 1 heterocycles. The summed E-state index contributed by atoms with van der Waals surface area (Å²) in [5, 5.41) is 13.9. The Morgan fingerprint density at radius 3 is 2.50 bits per heavy atom. The van der Waals surface area contributed by atoms with Crippen molar-refractivity contribution >= 4 is 17.7 Å². The van der Waals surface area contributed by atoms with Crippen molar-refractivity contribution in [3.05, 3.63) is 0 Å². The zero-order valence-electron chi connectivity index (χ0n) is 10.4. The molecule has 0 atom stereocenters. The van der Waals surface area contributed by atoms with Gasteiger partial charge in [-0.3, -0.25) is 19.7 Å². The first-order valence-corrected chi connectivity index (χ1v) is 5.98. The van der Waals surface area contributed by atoms with E-state index in [4.69, 9.17) is 5.11 Å². The molecule has 3 N–H and O–H groups in total. The summed E-state index contributed by atoms with van der Waals surface area (Å²) < 4.78 is 0. The van der Waals surface area contributed by atoms with Crippen LogP contribution in [0.2, 0.25) is 0 Å². The van der Waals surface area contributed by atoms with E-state index in [0.29, 0.717) is 12.8 Å². The number of hydrogen-bond donors (Lipinski definition) is 3. The topological polar surface area (TPSA) is 98.7 Å². The molecule has 0 aromatic carbocycles. The van der Waals surface area contributed by atoms with Crippen LogP contribution in [-0.4, -0.2) is 61.0 Å². The zero-order chi connectivity index (χ0) is 13.5. The number of aliphatic hydroxyl groups excluding tert-OH is 1. The van der Waals surface area contributed by atoms with Gasteiger partial charge in [-0.25, -0.2) is 0 Å². The number of likely N-dealkylation sites (N-methyl/N-ethyl adjacent to an activating group) is 1. The van der Waals surface area contributed by atoms with Gasteiger partial charge in [-0.05, 0) is 25.9 Å². The minimum absolute atomic E-state index is 0.0633. The first-order valence-electron chi connectivity index (χ1n) is 5.98.